The molecule has 2 rings (SSSR count). The molecular formula is C15H18N2O2. The van der Waals surface area contributed by atoms with Crippen molar-refractivity contribution < 1.29 is 9.90 Å². The van der Waals surface area contributed by atoms with Crippen LogP contribution in [0.25, 0.3) is 5.69 Å². The standard InChI is InChI=1S/C15H18N2O2/c1-9-6-5-7-13(8-9)17-12(4)14(11(3)16-17)10(2)15(18)19/h5-8,10H,1-4H3,(H,18,19). The number of aryl methyl sites for hydroxylation is 2. The van der Waals surface area contributed by atoms with Gasteiger partial charge in [0.2, 0.25) is 0 Å². The van der Waals surface area contributed by atoms with Gasteiger partial charge in [0.15, 0.2) is 0 Å². The summed E-state index contributed by atoms with van der Waals surface area (Å²) in [5.74, 6) is -1.37. The number of carbonyl (C=O) groups is 1. The number of benzene rings is 1. The van der Waals surface area contributed by atoms with Crippen LogP contribution in [0.15, 0.2) is 24.3 Å². The summed E-state index contributed by atoms with van der Waals surface area (Å²) in [5.41, 5.74) is 4.57. The van der Waals surface area contributed by atoms with Gasteiger partial charge >= 0.3 is 5.97 Å². The Morgan fingerprint density at radius 3 is 2.58 bits per heavy atom. The summed E-state index contributed by atoms with van der Waals surface area (Å²) in [4.78, 5) is 11.2. The van der Waals surface area contributed by atoms with Gasteiger partial charge in [-0.15, -0.1) is 0 Å². The lowest BCUT2D eigenvalue weighted by molar-refractivity contribution is -0.138. The van der Waals surface area contributed by atoms with E-state index in [2.05, 4.69) is 5.10 Å². The summed E-state index contributed by atoms with van der Waals surface area (Å²) in [7, 11) is 0. The highest BCUT2D eigenvalue weighted by Crippen LogP contribution is 2.25. The molecule has 0 radical (unpaired) electrons. The van der Waals surface area contributed by atoms with E-state index in [0.29, 0.717) is 0 Å². The van der Waals surface area contributed by atoms with Gasteiger partial charge in [-0.3, -0.25) is 4.79 Å². The first-order chi connectivity index (χ1) is 8.91. The Bertz CT molecular complexity index is 629. The minimum absolute atomic E-state index is 0.543. The Morgan fingerprint density at radius 1 is 1.32 bits per heavy atom. The Hall–Kier alpha value is -2.10. The Kier molecular flexibility index (Phi) is 3.42. The van der Waals surface area contributed by atoms with Crippen molar-refractivity contribution in [3.63, 3.8) is 0 Å². The molecule has 1 unspecified atom stereocenters. The van der Waals surface area contributed by atoms with E-state index >= 15 is 0 Å². The van der Waals surface area contributed by atoms with E-state index in [4.69, 9.17) is 0 Å². The van der Waals surface area contributed by atoms with Crippen LogP contribution in [-0.2, 0) is 4.79 Å². The molecule has 0 amide bonds. The van der Waals surface area contributed by atoms with Gasteiger partial charge in [0.05, 0.1) is 17.3 Å². The van der Waals surface area contributed by atoms with Gasteiger partial charge in [0, 0.05) is 11.3 Å². The fraction of sp³-hybridized carbons (Fsp3) is 0.333. The molecule has 2 aromatic rings. The van der Waals surface area contributed by atoms with E-state index in [9.17, 15) is 9.90 Å². The predicted octanol–water partition coefficient (Wildman–Crippen LogP) is 2.99. The van der Waals surface area contributed by atoms with Gasteiger partial charge in [-0.25, -0.2) is 4.68 Å². The number of hydrogen-bond acceptors (Lipinski definition) is 2. The quantitative estimate of drug-likeness (QED) is 0.920. The van der Waals surface area contributed by atoms with Crippen molar-refractivity contribution in [1.29, 1.82) is 0 Å². The Labute approximate surface area is 112 Å². The second-order valence-corrected chi connectivity index (χ2v) is 4.90. The van der Waals surface area contributed by atoms with Crippen LogP contribution >= 0.6 is 0 Å². The molecule has 0 aliphatic rings. The molecule has 1 aromatic heterocycles. The first-order valence-electron chi connectivity index (χ1n) is 6.27. The lowest BCUT2D eigenvalue weighted by Crippen LogP contribution is -2.09. The molecule has 0 saturated carbocycles. The molecule has 1 aromatic carbocycles. The van der Waals surface area contributed by atoms with E-state index in [1.807, 2.05) is 49.7 Å². The first-order valence-corrected chi connectivity index (χ1v) is 6.27. The van der Waals surface area contributed by atoms with Crippen LogP contribution in [0.1, 0.15) is 35.4 Å². The molecule has 1 heterocycles. The number of carboxylic acids is 1. The Balaban J connectivity index is 2.56. The molecule has 100 valence electrons. The van der Waals surface area contributed by atoms with Crippen molar-refractivity contribution in [3.8, 4) is 5.69 Å². The number of aliphatic carboxylic acids is 1. The molecule has 1 N–H and O–H groups in total. The van der Waals surface area contributed by atoms with Crippen molar-refractivity contribution in [2.24, 2.45) is 0 Å². The maximum atomic E-state index is 11.2. The van der Waals surface area contributed by atoms with E-state index in [0.717, 1.165) is 28.2 Å². The second kappa shape index (κ2) is 4.88. The third-order valence-electron chi connectivity index (χ3n) is 3.40. The molecule has 0 aliphatic carbocycles. The van der Waals surface area contributed by atoms with Crippen LogP contribution in [0.2, 0.25) is 0 Å². The number of hydrogen-bond donors (Lipinski definition) is 1. The molecule has 19 heavy (non-hydrogen) atoms. The summed E-state index contributed by atoms with van der Waals surface area (Å²) >= 11 is 0. The number of carboxylic acid groups (broad SMARTS) is 1. The molecule has 0 bridgehead atoms. The summed E-state index contributed by atoms with van der Waals surface area (Å²) in [5, 5.41) is 13.6. The van der Waals surface area contributed by atoms with Gasteiger partial charge in [0.1, 0.15) is 0 Å². The summed E-state index contributed by atoms with van der Waals surface area (Å²) in [6.07, 6.45) is 0. The maximum absolute atomic E-state index is 11.2. The highest BCUT2D eigenvalue weighted by atomic mass is 16.4. The third-order valence-corrected chi connectivity index (χ3v) is 3.40. The molecule has 0 aliphatic heterocycles. The van der Waals surface area contributed by atoms with Crippen LogP contribution in [0, 0.1) is 20.8 Å². The molecular weight excluding hydrogens is 240 g/mol. The highest BCUT2D eigenvalue weighted by Gasteiger charge is 2.23. The van der Waals surface area contributed by atoms with Crippen molar-refractivity contribution >= 4 is 5.97 Å². The molecule has 0 fully saturated rings. The van der Waals surface area contributed by atoms with Gasteiger partial charge in [0.25, 0.3) is 0 Å². The van der Waals surface area contributed by atoms with Crippen LogP contribution < -0.4 is 0 Å². The largest absolute Gasteiger partial charge is 0.481 e. The zero-order valence-electron chi connectivity index (χ0n) is 11.6. The van der Waals surface area contributed by atoms with Crippen LogP contribution in [0.5, 0.6) is 0 Å². The summed E-state index contributed by atoms with van der Waals surface area (Å²) in [6.45, 7) is 7.49. The maximum Gasteiger partial charge on any atom is 0.310 e. The SMILES string of the molecule is Cc1cccc(-n2nc(C)c(C(C)C(=O)O)c2C)c1. The van der Waals surface area contributed by atoms with Crippen LogP contribution in [0.4, 0.5) is 0 Å². The first kappa shape index (κ1) is 13.3. The molecule has 1 atom stereocenters. The minimum atomic E-state index is -0.824. The normalized spacial score (nSPS) is 12.4. The third kappa shape index (κ3) is 2.38. The molecule has 0 saturated heterocycles. The van der Waals surface area contributed by atoms with Gasteiger partial charge in [-0.2, -0.15) is 5.10 Å². The number of nitrogens with zero attached hydrogens (tertiary/aromatic N) is 2. The zero-order chi connectivity index (χ0) is 14.2. The van der Waals surface area contributed by atoms with Gasteiger partial charge < -0.3 is 5.11 Å². The average Bonchev–Trinajstić information content (AvgIpc) is 2.64. The van der Waals surface area contributed by atoms with Crippen molar-refractivity contribution in [2.75, 3.05) is 0 Å². The molecule has 4 nitrogen and oxygen atoms in total. The van der Waals surface area contributed by atoms with Gasteiger partial charge in [-0.1, -0.05) is 12.1 Å². The predicted molar refractivity (Wildman–Crippen MR) is 73.8 cm³/mol. The van der Waals surface area contributed by atoms with Crippen LogP contribution in [-0.4, -0.2) is 20.9 Å². The highest BCUT2D eigenvalue weighted by molar-refractivity contribution is 5.76. The zero-order valence-corrected chi connectivity index (χ0v) is 11.6. The number of aromatic nitrogens is 2. The van der Waals surface area contributed by atoms with E-state index in [-0.39, 0.29) is 0 Å². The summed E-state index contributed by atoms with van der Waals surface area (Å²) < 4.78 is 1.82. The smallest absolute Gasteiger partial charge is 0.310 e. The fourth-order valence-electron chi connectivity index (χ4n) is 2.42. The van der Waals surface area contributed by atoms with Crippen molar-refractivity contribution in [2.45, 2.75) is 33.6 Å². The lowest BCUT2D eigenvalue weighted by Gasteiger charge is -2.08. The average molecular weight is 258 g/mol. The summed E-state index contributed by atoms with van der Waals surface area (Å²) in [6, 6.07) is 8.01. The number of rotatable bonds is 3. The Morgan fingerprint density at radius 2 is 2.00 bits per heavy atom. The van der Waals surface area contributed by atoms with Crippen LogP contribution in [0.3, 0.4) is 0 Å². The van der Waals surface area contributed by atoms with E-state index in [1.54, 1.807) is 6.92 Å². The second-order valence-electron chi connectivity index (χ2n) is 4.90. The molecule has 4 heteroatoms. The fourth-order valence-corrected chi connectivity index (χ4v) is 2.42. The van der Waals surface area contributed by atoms with Gasteiger partial charge in [-0.05, 0) is 45.4 Å². The van der Waals surface area contributed by atoms with Crippen molar-refractivity contribution in [3.05, 3.63) is 46.8 Å². The van der Waals surface area contributed by atoms with E-state index in [1.165, 1.54) is 0 Å². The van der Waals surface area contributed by atoms with E-state index < -0.39 is 11.9 Å². The topological polar surface area (TPSA) is 55.1 Å². The monoisotopic (exact) mass is 258 g/mol. The lowest BCUT2D eigenvalue weighted by atomic mass is 9.99. The minimum Gasteiger partial charge on any atom is -0.481 e. The molecule has 0 spiro atoms. The van der Waals surface area contributed by atoms with Crippen molar-refractivity contribution in [1.82, 2.24) is 9.78 Å².